The van der Waals surface area contributed by atoms with Crippen molar-refractivity contribution < 1.29 is 9.59 Å². The number of rotatable bonds is 3. The molecule has 0 aliphatic carbocycles. The standard InChI is InChI=1S/C15H13NO2/c1-2-11(17)9-16-13-8-4-6-10-5-3-7-12(14(10)13)15(16)18/h3-8H,2,9H2,1H3. The highest BCUT2D eigenvalue weighted by molar-refractivity contribution is 6.26. The Morgan fingerprint density at radius 3 is 2.61 bits per heavy atom. The fourth-order valence-corrected chi connectivity index (χ4v) is 2.42. The molecule has 0 saturated carbocycles. The van der Waals surface area contributed by atoms with Crippen molar-refractivity contribution in [3.63, 3.8) is 0 Å². The minimum Gasteiger partial charge on any atom is -0.300 e. The minimum absolute atomic E-state index is 0.0661. The number of Topliss-reactive ketones (excluding diaryl/α,β-unsaturated/α-hetero) is 1. The summed E-state index contributed by atoms with van der Waals surface area (Å²) in [5.41, 5.74) is 1.56. The third kappa shape index (κ3) is 1.44. The van der Waals surface area contributed by atoms with Gasteiger partial charge in [-0.2, -0.15) is 0 Å². The van der Waals surface area contributed by atoms with E-state index in [0.29, 0.717) is 12.0 Å². The topological polar surface area (TPSA) is 37.4 Å². The van der Waals surface area contributed by atoms with Gasteiger partial charge >= 0.3 is 0 Å². The average Bonchev–Trinajstić information content (AvgIpc) is 2.67. The van der Waals surface area contributed by atoms with Gasteiger partial charge in [0, 0.05) is 17.4 Å². The van der Waals surface area contributed by atoms with Crippen molar-refractivity contribution >= 4 is 28.2 Å². The lowest BCUT2D eigenvalue weighted by atomic mass is 10.1. The van der Waals surface area contributed by atoms with Crippen LogP contribution in [0.5, 0.6) is 0 Å². The number of nitrogens with zero attached hydrogens (tertiary/aromatic N) is 1. The third-order valence-electron chi connectivity index (χ3n) is 3.38. The van der Waals surface area contributed by atoms with E-state index in [2.05, 4.69) is 0 Å². The Morgan fingerprint density at radius 1 is 1.17 bits per heavy atom. The first-order valence-electron chi connectivity index (χ1n) is 6.07. The summed E-state index contributed by atoms with van der Waals surface area (Å²) >= 11 is 0. The van der Waals surface area contributed by atoms with Gasteiger partial charge in [0.1, 0.15) is 0 Å². The van der Waals surface area contributed by atoms with Crippen molar-refractivity contribution in [2.75, 3.05) is 11.4 Å². The van der Waals surface area contributed by atoms with Gasteiger partial charge in [0.15, 0.2) is 5.78 Å². The van der Waals surface area contributed by atoms with Crippen LogP contribution in [0.1, 0.15) is 23.7 Å². The lowest BCUT2D eigenvalue weighted by Crippen LogP contribution is -2.32. The van der Waals surface area contributed by atoms with Gasteiger partial charge in [0.05, 0.1) is 12.2 Å². The van der Waals surface area contributed by atoms with E-state index < -0.39 is 0 Å². The van der Waals surface area contributed by atoms with Crippen LogP contribution >= 0.6 is 0 Å². The first-order chi connectivity index (χ1) is 8.72. The molecule has 0 atom stereocenters. The van der Waals surface area contributed by atoms with E-state index >= 15 is 0 Å². The predicted molar refractivity (Wildman–Crippen MR) is 70.9 cm³/mol. The molecule has 2 aromatic carbocycles. The van der Waals surface area contributed by atoms with Crippen molar-refractivity contribution in [3.05, 3.63) is 42.0 Å². The maximum absolute atomic E-state index is 12.3. The minimum atomic E-state index is -0.0661. The summed E-state index contributed by atoms with van der Waals surface area (Å²) < 4.78 is 0. The molecular formula is C15H13NO2. The van der Waals surface area contributed by atoms with Crippen molar-refractivity contribution in [1.82, 2.24) is 0 Å². The molecule has 0 radical (unpaired) electrons. The summed E-state index contributed by atoms with van der Waals surface area (Å²) in [5, 5.41) is 2.01. The summed E-state index contributed by atoms with van der Waals surface area (Å²) in [6.45, 7) is 1.99. The SMILES string of the molecule is CCC(=O)CN1C(=O)c2cccc3cccc1c23. The van der Waals surface area contributed by atoms with Crippen LogP contribution < -0.4 is 4.90 Å². The molecule has 1 heterocycles. The molecule has 1 amide bonds. The molecule has 1 aliphatic rings. The summed E-state index contributed by atoms with van der Waals surface area (Å²) in [6, 6.07) is 11.5. The Labute approximate surface area is 105 Å². The van der Waals surface area contributed by atoms with Crippen LogP contribution in [0.15, 0.2) is 36.4 Å². The molecule has 0 fully saturated rings. The Kier molecular flexibility index (Phi) is 2.40. The molecule has 1 aliphatic heterocycles. The van der Waals surface area contributed by atoms with Crippen LogP contribution in [0, 0.1) is 0 Å². The van der Waals surface area contributed by atoms with Gasteiger partial charge in [-0.05, 0) is 17.5 Å². The molecule has 3 heteroatoms. The number of ketones is 1. The van der Waals surface area contributed by atoms with E-state index in [0.717, 1.165) is 16.5 Å². The third-order valence-corrected chi connectivity index (χ3v) is 3.38. The van der Waals surface area contributed by atoms with E-state index in [-0.39, 0.29) is 18.2 Å². The van der Waals surface area contributed by atoms with Gasteiger partial charge in [-0.25, -0.2) is 0 Å². The molecule has 0 saturated heterocycles. The monoisotopic (exact) mass is 239 g/mol. The Morgan fingerprint density at radius 2 is 1.89 bits per heavy atom. The maximum atomic E-state index is 12.3. The number of carbonyl (C=O) groups is 2. The maximum Gasteiger partial charge on any atom is 0.259 e. The number of carbonyl (C=O) groups excluding carboxylic acids is 2. The fraction of sp³-hybridized carbons (Fsp3) is 0.200. The fourth-order valence-electron chi connectivity index (χ4n) is 2.42. The summed E-state index contributed by atoms with van der Waals surface area (Å²) in [5.74, 6) is 0.0109. The Hall–Kier alpha value is -2.16. The normalized spacial score (nSPS) is 13.4. The molecule has 0 bridgehead atoms. The Bertz CT molecular complexity index is 655. The second-order valence-corrected chi connectivity index (χ2v) is 4.46. The van der Waals surface area contributed by atoms with Gasteiger partial charge in [-0.1, -0.05) is 31.2 Å². The average molecular weight is 239 g/mol. The number of hydrogen-bond acceptors (Lipinski definition) is 2. The van der Waals surface area contributed by atoms with Crippen LogP contribution in [0.25, 0.3) is 10.8 Å². The number of amides is 1. The lowest BCUT2D eigenvalue weighted by molar-refractivity contribution is -0.117. The molecule has 18 heavy (non-hydrogen) atoms. The zero-order valence-corrected chi connectivity index (χ0v) is 10.1. The quantitative estimate of drug-likeness (QED) is 0.825. The largest absolute Gasteiger partial charge is 0.300 e. The van der Waals surface area contributed by atoms with Crippen LogP contribution in [-0.4, -0.2) is 18.2 Å². The highest BCUT2D eigenvalue weighted by Gasteiger charge is 2.30. The summed E-state index contributed by atoms with van der Waals surface area (Å²) in [7, 11) is 0. The van der Waals surface area contributed by atoms with Gasteiger partial charge in [-0.15, -0.1) is 0 Å². The van der Waals surface area contributed by atoms with Crippen molar-refractivity contribution in [2.45, 2.75) is 13.3 Å². The lowest BCUT2D eigenvalue weighted by Gasteiger charge is -2.16. The smallest absolute Gasteiger partial charge is 0.259 e. The van der Waals surface area contributed by atoms with Crippen LogP contribution in [0.4, 0.5) is 5.69 Å². The van der Waals surface area contributed by atoms with Crippen molar-refractivity contribution in [3.8, 4) is 0 Å². The Balaban J connectivity index is 2.16. The highest BCUT2D eigenvalue weighted by atomic mass is 16.2. The number of benzene rings is 2. The molecule has 0 N–H and O–H groups in total. The highest BCUT2D eigenvalue weighted by Crippen LogP contribution is 2.36. The zero-order valence-electron chi connectivity index (χ0n) is 10.1. The van der Waals surface area contributed by atoms with Crippen molar-refractivity contribution in [1.29, 1.82) is 0 Å². The number of hydrogen-bond donors (Lipinski definition) is 0. The first-order valence-corrected chi connectivity index (χ1v) is 6.07. The van der Waals surface area contributed by atoms with E-state index in [4.69, 9.17) is 0 Å². The second kappa shape index (κ2) is 3.95. The van der Waals surface area contributed by atoms with Crippen LogP contribution in [0.2, 0.25) is 0 Å². The molecule has 3 rings (SSSR count). The molecule has 0 spiro atoms. The van der Waals surface area contributed by atoms with Gasteiger partial charge < -0.3 is 4.90 Å². The van der Waals surface area contributed by atoms with Crippen molar-refractivity contribution in [2.24, 2.45) is 0 Å². The first kappa shape index (κ1) is 11.0. The number of anilines is 1. The summed E-state index contributed by atoms with van der Waals surface area (Å²) in [6.07, 6.45) is 0.454. The molecule has 2 aromatic rings. The van der Waals surface area contributed by atoms with Gasteiger partial charge in [0.25, 0.3) is 5.91 Å². The van der Waals surface area contributed by atoms with Gasteiger partial charge in [0.2, 0.25) is 0 Å². The second-order valence-electron chi connectivity index (χ2n) is 4.46. The van der Waals surface area contributed by atoms with Gasteiger partial charge in [-0.3, -0.25) is 9.59 Å². The van der Waals surface area contributed by atoms with Crippen LogP contribution in [-0.2, 0) is 4.79 Å². The zero-order chi connectivity index (χ0) is 12.7. The van der Waals surface area contributed by atoms with Crippen LogP contribution in [0.3, 0.4) is 0 Å². The van der Waals surface area contributed by atoms with E-state index in [1.807, 2.05) is 43.3 Å². The molecule has 0 unspecified atom stereocenters. The van der Waals surface area contributed by atoms with E-state index in [1.54, 1.807) is 4.90 Å². The summed E-state index contributed by atoms with van der Waals surface area (Å²) in [4.78, 5) is 25.5. The molecule has 90 valence electrons. The predicted octanol–water partition coefficient (Wildman–Crippen LogP) is 2.78. The molecule has 0 aromatic heterocycles. The molecule has 3 nitrogen and oxygen atoms in total. The molecular weight excluding hydrogens is 226 g/mol. The van der Waals surface area contributed by atoms with E-state index in [9.17, 15) is 9.59 Å². The van der Waals surface area contributed by atoms with E-state index in [1.165, 1.54) is 0 Å².